The molecule has 0 radical (unpaired) electrons. The van der Waals surface area contributed by atoms with Crippen molar-refractivity contribution in [2.24, 2.45) is 0 Å². The molecule has 2 N–H and O–H groups in total. The molecule has 1 aromatic heterocycles. The van der Waals surface area contributed by atoms with Crippen LogP contribution in [-0.2, 0) is 17.5 Å². The lowest BCUT2D eigenvalue weighted by Gasteiger charge is -2.13. The Morgan fingerprint density at radius 1 is 0.919 bits per heavy atom. The van der Waals surface area contributed by atoms with Crippen molar-refractivity contribution in [1.82, 2.24) is 14.8 Å². The van der Waals surface area contributed by atoms with Gasteiger partial charge in [-0.05, 0) is 49.4 Å². The number of halogens is 3. The highest BCUT2D eigenvalue weighted by atomic mass is 32.2. The fourth-order valence-electron chi connectivity index (χ4n) is 3.47. The van der Waals surface area contributed by atoms with Crippen LogP contribution in [0, 0.1) is 0 Å². The highest BCUT2D eigenvalue weighted by molar-refractivity contribution is 7.99. The number of hydrogen-bond donors (Lipinski definition) is 2. The van der Waals surface area contributed by atoms with Crippen LogP contribution in [0.25, 0.3) is 5.69 Å². The van der Waals surface area contributed by atoms with E-state index in [4.69, 9.17) is 0 Å². The number of rotatable bonds is 9. The zero-order valence-corrected chi connectivity index (χ0v) is 20.4. The maximum atomic E-state index is 13.1. The Hall–Kier alpha value is -4.12. The van der Waals surface area contributed by atoms with E-state index in [1.807, 2.05) is 30.3 Å². The van der Waals surface area contributed by atoms with Gasteiger partial charge in [0.15, 0.2) is 16.8 Å². The zero-order chi connectivity index (χ0) is 26.4. The number of alkyl halides is 3. The van der Waals surface area contributed by atoms with Crippen molar-refractivity contribution in [2.75, 3.05) is 16.4 Å². The SMILES string of the molecule is CC(=O)c1cccc(NC(=O)CSc2nnc(CNc3cccc(C(F)(F)F)c3)n2-c2ccccc2)c1. The summed E-state index contributed by atoms with van der Waals surface area (Å²) >= 11 is 1.16. The van der Waals surface area contributed by atoms with Gasteiger partial charge in [0.1, 0.15) is 0 Å². The van der Waals surface area contributed by atoms with Crippen LogP contribution < -0.4 is 10.6 Å². The summed E-state index contributed by atoms with van der Waals surface area (Å²) in [6.45, 7) is 1.56. The second kappa shape index (κ2) is 11.3. The highest BCUT2D eigenvalue weighted by Gasteiger charge is 2.30. The van der Waals surface area contributed by atoms with Gasteiger partial charge in [0.05, 0.1) is 17.9 Å². The molecule has 4 rings (SSSR count). The summed E-state index contributed by atoms with van der Waals surface area (Å²) in [5.41, 5.74) is 1.28. The van der Waals surface area contributed by atoms with Gasteiger partial charge in [0.25, 0.3) is 0 Å². The smallest absolute Gasteiger partial charge is 0.378 e. The van der Waals surface area contributed by atoms with Crippen LogP contribution in [0.3, 0.4) is 0 Å². The molecule has 7 nitrogen and oxygen atoms in total. The lowest BCUT2D eigenvalue weighted by atomic mass is 10.1. The molecule has 0 spiro atoms. The van der Waals surface area contributed by atoms with E-state index in [-0.39, 0.29) is 24.0 Å². The first-order chi connectivity index (χ1) is 17.7. The fraction of sp³-hybridized carbons (Fsp3) is 0.154. The van der Waals surface area contributed by atoms with E-state index < -0.39 is 11.7 Å². The number of para-hydroxylation sites is 1. The molecule has 0 aliphatic carbocycles. The highest BCUT2D eigenvalue weighted by Crippen LogP contribution is 2.31. The number of carbonyl (C=O) groups is 2. The van der Waals surface area contributed by atoms with Crippen molar-refractivity contribution >= 4 is 34.8 Å². The van der Waals surface area contributed by atoms with Crippen LogP contribution in [0.2, 0.25) is 0 Å². The van der Waals surface area contributed by atoms with E-state index in [0.717, 1.165) is 29.6 Å². The van der Waals surface area contributed by atoms with Crippen LogP contribution >= 0.6 is 11.8 Å². The number of ketones is 1. The Labute approximate surface area is 215 Å². The minimum Gasteiger partial charge on any atom is -0.378 e. The van der Waals surface area contributed by atoms with Crippen LogP contribution in [0.5, 0.6) is 0 Å². The molecular weight excluding hydrogens is 503 g/mol. The van der Waals surface area contributed by atoms with E-state index in [1.54, 1.807) is 34.9 Å². The van der Waals surface area contributed by atoms with E-state index in [0.29, 0.717) is 27.9 Å². The lowest BCUT2D eigenvalue weighted by Crippen LogP contribution is -2.15. The Bertz CT molecular complexity index is 1410. The van der Waals surface area contributed by atoms with Gasteiger partial charge < -0.3 is 10.6 Å². The standard InChI is InChI=1S/C26H22F3N5O2S/c1-17(35)18-7-5-10-21(13-18)31-24(36)16-37-25-33-32-23(34(25)22-11-3-2-4-12-22)15-30-20-9-6-8-19(14-20)26(27,28)29/h2-14,30H,15-16H2,1H3,(H,31,36). The molecule has 37 heavy (non-hydrogen) atoms. The van der Waals surface area contributed by atoms with E-state index in [2.05, 4.69) is 20.8 Å². The zero-order valence-electron chi connectivity index (χ0n) is 19.6. The molecule has 3 aromatic carbocycles. The van der Waals surface area contributed by atoms with Crippen LogP contribution in [0.4, 0.5) is 24.5 Å². The van der Waals surface area contributed by atoms with Crippen molar-refractivity contribution in [1.29, 1.82) is 0 Å². The summed E-state index contributed by atoms with van der Waals surface area (Å²) in [5, 5.41) is 14.6. The Morgan fingerprint density at radius 3 is 2.38 bits per heavy atom. The lowest BCUT2D eigenvalue weighted by molar-refractivity contribution is -0.137. The minimum absolute atomic E-state index is 0.0241. The third kappa shape index (κ3) is 6.76. The third-order valence-electron chi connectivity index (χ3n) is 5.24. The molecule has 0 atom stereocenters. The van der Waals surface area contributed by atoms with Crippen molar-refractivity contribution in [3.8, 4) is 5.69 Å². The van der Waals surface area contributed by atoms with Gasteiger partial charge in [-0.25, -0.2) is 0 Å². The Balaban J connectivity index is 1.49. The summed E-state index contributed by atoms with van der Waals surface area (Å²) in [5.74, 6) is 0.0846. The van der Waals surface area contributed by atoms with E-state index in [1.165, 1.54) is 13.0 Å². The summed E-state index contributed by atoms with van der Waals surface area (Å²) in [7, 11) is 0. The van der Waals surface area contributed by atoms with Crippen molar-refractivity contribution in [2.45, 2.75) is 24.8 Å². The number of nitrogens with one attached hydrogen (secondary N) is 2. The second-order valence-electron chi connectivity index (χ2n) is 7.98. The number of Topliss-reactive ketones (excluding diaryl/α,β-unsaturated/α-hetero) is 1. The van der Waals surface area contributed by atoms with Crippen LogP contribution in [0.1, 0.15) is 28.7 Å². The largest absolute Gasteiger partial charge is 0.416 e. The summed E-state index contributed by atoms with van der Waals surface area (Å²) in [6.07, 6.45) is -4.44. The normalized spacial score (nSPS) is 11.2. The minimum atomic E-state index is -4.44. The van der Waals surface area contributed by atoms with Gasteiger partial charge in [0.2, 0.25) is 5.91 Å². The Kier molecular flexibility index (Phi) is 7.92. The number of anilines is 2. The third-order valence-corrected chi connectivity index (χ3v) is 6.17. The molecule has 0 aliphatic rings. The molecular formula is C26H22F3N5O2S. The summed E-state index contributed by atoms with van der Waals surface area (Å²) in [6, 6.07) is 20.8. The molecule has 11 heteroatoms. The van der Waals surface area contributed by atoms with Gasteiger partial charge >= 0.3 is 6.18 Å². The number of thioether (sulfide) groups is 1. The van der Waals surface area contributed by atoms with Gasteiger partial charge in [0, 0.05) is 22.6 Å². The number of hydrogen-bond acceptors (Lipinski definition) is 6. The number of benzene rings is 3. The summed E-state index contributed by atoms with van der Waals surface area (Å²) < 4.78 is 40.9. The maximum Gasteiger partial charge on any atom is 0.416 e. The number of carbonyl (C=O) groups excluding carboxylic acids is 2. The quantitative estimate of drug-likeness (QED) is 0.211. The van der Waals surface area contributed by atoms with Crippen molar-refractivity contribution in [3.05, 3.63) is 95.8 Å². The average molecular weight is 526 g/mol. The van der Waals surface area contributed by atoms with Gasteiger partial charge in [-0.15, -0.1) is 10.2 Å². The first-order valence-electron chi connectivity index (χ1n) is 11.2. The van der Waals surface area contributed by atoms with Crippen LogP contribution in [0.15, 0.2) is 84.0 Å². The molecule has 0 saturated heterocycles. The van der Waals surface area contributed by atoms with Gasteiger partial charge in [-0.1, -0.05) is 48.2 Å². The molecule has 1 amide bonds. The monoisotopic (exact) mass is 525 g/mol. The first kappa shape index (κ1) is 26.0. The molecule has 1 heterocycles. The van der Waals surface area contributed by atoms with Gasteiger partial charge in [-0.3, -0.25) is 14.2 Å². The first-order valence-corrected chi connectivity index (χ1v) is 12.1. The van der Waals surface area contributed by atoms with Crippen LogP contribution in [-0.4, -0.2) is 32.2 Å². The predicted octanol–water partition coefficient (Wildman–Crippen LogP) is 5.83. The van der Waals surface area contributed by atoms with Gasteiger partial charge in [-0.2, -0.15) is 13.2 Å². The molecule has 0 saturated carbocycles. The molecule has 0 aliphatic heterocycles. The fourth-order valence-corrected chi connectivity index (χ4v) is 4.25. The second-order valence-corrected chi connectivity index (χ2v) is 8.92. The molecule has 4 aromatic rings. The summed E-state index contributed by atoms with van der Waals surface area (Å²) in [4.78, 5) is 24.1. The van der Waals surface area contributed by atoms with E-state index >= 15 is 0 Å². The van der Waals surface area contributed by atoms with E-state index in [9.17, 15) is 22.8 Å². The topological polar surface area (TPSA) is 88.9 Å². The maximum absolute atomic E-state index is 13.1. The van der Waals surface area contributed by atoms with Crippen molar-refractivity contribution < 1.29 is 22.8 Å². The van der Waals surface area contributed by atoms with Crippen molar-refractivity contribution in [3.63, 3.8) is 0 Å². The number of nitrogens with zero attached hydrogens (tertiary/aromatic N) is 3. The number of amides is 1. The molecule has 0 unspecified atom stereocenters. The number of aromatic nitrogens is 3. The molecule has 0 fully saturated rings. The predicted molar refractivity (Wildman–Crippen MR) is 136 cm³/mol. The average Bonchev–Trinajstić information content (AvgIpc) is 3.29. The molecule has 0 bridgehead atoms. The Morgan fingerprint density at radius 2 is 1.65 bits per heavy atom. The molecule has 190 valence electrons.